The number of nitrogens with zero attached hydrogens (tertiary/aromatic N) is 4. The highest BCUT2D eigenvalue weighted by Crippen LogP contribution is 2.20. The van der Waals surface area contributed by atoms with Crippen LogP contribution in [0.5, 0.6) is 0 Å². The number of nitrogens with one attached hydrogen (secondary N) is 2. The number of amides is 3. The molecule has 0 spiro atoms. The van der Waals surface area contributed by atoms with Gasteiger partial charge in [-0.25, -0.2) is 22.7 Å². The van der Waals surface area contributed by atoms with Gasteiger partial charge in [-0.3, -0.25) is 5.32 Å². The minimum absolute atomic E-state index is 0.0400. The lowest BCUT2D eigenvalue weighted by atomic mass is 10.4. The number of carbonyl (C=O) groups is 2. The molecule has 2 N–H and O–H groups in total. The fourth-order valence-corrected chi connectivity index (χ4v) is 4.39. The van der Waals surface area contributed by atoms with Crippen molar-refractivity contribution >= 4 is 55.9 Å². The normalized spacial score (nSPS) is 15.7. The van der Waals surface area contributed by atoms with E-state index in [1.807, 2.05) is 5.32 Å². The molecule has 1 aromatic rings. The third kappa shape index (κ3) is 4.93. The van der Waals surface area contributed by atoms with Crippen LogP contribution in [0.1, 0.15) is 0 Å². The molecule has 2 rings (SSSR count). The molecule has 0 aliphatic carbocycles. The van der Waals surface area contributed by atoms with Crippen LogP contribution in [0.25, 0.3) is 0 Å². The summed E-state index contributed by atoms with van der Waals surface area (Å²) in [5, 5.41) is 1.74. The minimum atomic E-state index is -4.67. The van der Waals surface area contributed by atoms with Crippen molar-refractivity contribution in [2.45, 2.75) is 4.90 Å². The smallest absolute Gasteiger partial charge is 0.432 e. The molecule has 3 amide bonds. The van der Waals surface area contributed by atoms with Gasteiger partial charge in [0, 0.05) is 14.1 Å². The molecule has 1 aromatic carbocycles. The zero-order valence-electron chi connectivity index (χ0n) is 15.2. The lowest BCUT2D eigenvalue weighted by Gasteiger charge is -2.25. The third-order valence-electron chi connectivity index (χ3n) is 3.15. The average molecular weight is 467 g/mol. The first kappa shape index (κ1) is 22.4. The summed E-state index contributed by atoms with van der Waals surface area (Å²) in [7, 11) is -5.37. The number of sulfonamides is 1. The first-order valence-electron chi connectivity index (χ1n) is 7.46. The van der Waals surface area contributed by atoms with Crippen molar-refractivity contribution in [1.82, 2.24) is 19.2 Å². The van der Waals surface area contributed by atoms with Crippen molar-refractivity contribution in [3.8, 4) is 0 Å². The van der Waals surface area contributed by atoms with Crippen molar-refractivity contribution in [1.29, 1.82) is 0 Å². The average Bonchev–Trinajstić information content (AvgIpc) is 2.59. The molecule has 29 heavy (non-hydrogen) atoms. The van der Waals surface area contributed by atoms with Crippen molar-refractivity contribution in [3.63, 3.8) is 0 Å². The van der Waals surface area contributed by atoms with Crippen molar-refractivity contribution in [2.75, 3.05) is 21.2 Å². The van der Waals surface area contributed by atoms with Gasteiger partial charge in [-0.1, -0.05) is 23.7 Å². The van der Waals surface area contributed by atoms with Gasteiger partial charge in [-0.15, -0.1) is 8.70 Å². The molecular formula is C13H15ClN6O7S2. The van der Waals surface area contributed by atoms with Crippen LogP contribution in [0.2, 0.25) is 5.02 Å². The summed E-state index contributed by atoms with van der Waals surface area (Å²) in [6, 6.07) is 3.91. The molecule has 0 bridgehead atoms. The number of methoxy groups -OCH3 is 1. The zero-order valence-corrected chi connectivity index (χ0v) is 17.5. The fourth-order valence-electron chi connectivity index (χ4n) is 1.90. The van der Waals surface area contributed by atoms with Gasteiger partial charge in [0.15, 0.2) is 0 Å². The van der Waals surface area contributed by atoms with Crippen LogP contribution in [-0.4, -0.2) is 71.3 Å². The van der Waals surface area contributed by atoms with Gasteiger partial charge in [0.2, 0.25) is 11.9 Å². The number of benzene rings is 1. The zero-order chi connectivity index (χ0) is 22.0. The van der Waals surface area contributed by atoms with E-state index in [-0.39, 0.29) is 15.3 Å². The number of carbonyl (C=O) groups excluding carboxylic acids is 2. The molecule has 0 fully saturated rings. The number of rotatable bonds is 2. The minimum Gasteiger partial charge on any atom is -0.452 e. The molecule has 0 radical (unpaired) electrons. The Labute approximate surface area is 171 Å². The summed E-state index contributed by atoms with van der Waals surface area (Å²) in [4.78, 5) is 28.6. The van der Waals surface area contributed by atoms with E-state index >= 15 is 0 Å². The van der Waals surface area contributed by atoms with Gasteiger partial charge in [0.25, 0.3) is 10.0 Å². The van der Waals surface area contributed by atoms with Gasteiger partial charge in [-0.05, 0) is 12.1 Å². The molecule has 0 atom stereocenters. The maximum atomic E-state index is 12.3. The maximum Gasteiger partial charge on any atom is 0.432 e. The first-order chi connectivity index (χ1) is 13.4. The number of hydrogen-bond acceptors (Lipinski definition) is 9. The summed E-state index contributed by atoms with van der Waals surface area (Å²) in [6.45, 7) is 0. The SMILES string of the molecule is COC(=O)N1C(NC(=O)NS(=O)(=O)c2ccccc2Cl)=NC(N(C)C)=NS1(=O)=O. The molecular weight excluding hydrogens is 452 g/mol. The van der Waals surface area contributed by atoms with Crippen LogP contribution < -0.4 is 10.0 Å². The van der Waals surface area contributed by atoms with E-state index in [1.54, 1.807) is 4.72 Å². The molecule has 13 nitrogen and oxygen atoms in total. The van der Waals surface area contributed by atoms with Crippen LogP contribution in [0, 0.1) is 0 Å². The molecule has 0 saturated carbocycles. The first-order valence-corrected chi connectivity index (χ1v) is 10.7. The highest BCUT2D eigenvalue weighted by atomic mass is 35.5. The van der Waals surface area contributed by atoms with Crippen LogP contribution in [0.15, 0.2) is 38.6 Å². The fraction of sp³-hybridized carbons (Fsp3) is 0.231. The van der Waals surface area contributed by atoms with E-state index in [2.05, 4.69) is 14.1 Å². The molecule has 1 heterocycles. The van der Waals surface area contributed by atoms with Gasteiger partial charge in [-0.2, -0.15) is 13.4 Å². The molecule has 0 aromatic heterocycles. The van der Waals surface area contributed by atoms with Gasteiger partial charge in [0.05, 0.1) is 12.1 Å². The highest BCUT2D eigenvalue weighted by molar-refractivity contribution is 7.90. The number of aliphatic imine (C=N–C) groups is 1. The lowest BCUT2D eigenvalue weighted by molar-refractivity contribution is 0.161. The Kier molecular flexibility index (Phi) is 6.34. The second-order valence-corrected chi connectivity index (χ2v) is 8.92. The molecule has 1 aliphatic heterocycles. The standard InChI is InChI=1S/C13H15ClN6O7S2/c1-19(2)11-15-10(20(13(22)27-3)29(25,26)17-11)16-12(21)18-28(23,24)9-7-5-4-6-8(9)14/h4-7H,1-3H3,(H2,15,16,17,18,21). The summed E-state index contributed by atoms with van der Waals surface area (Å²) < 4.78 is 58.4. The maximum absolute atomic E-state index is 12.3. The lowest BCUT2D eigenvalue weighted by Crippen LogP contribution is -2.55. The van der Waals surface area contributed by atoms with Gasteiger partial charge in [0.1, 0.15) is 4.90 Å². The molecule has 16 heteroatoms. The number of guanidine groups is 2. The molecule has 1 aliphatic rings. The van der Waals surface area contributed by atoms with Crippen LogP contribution in [0.4, 0.5) is 9.59 Å². The van der Waals surface area contributed by atoms with Gasteiger partial charge >= 0.3 is 22.3 Å². The van der Waals surface area contributed by atoms with E-state index in [0.29, 0.717) is 0 Å². The Hall–Kier alpha value is -2.91. The predicted octanol–water partition coefficient (Wildman–Crippen LogP) is -0.0717. The van der Waals surface area contributed by atoms with Crippen molar-refractivity contribution < 1.29 is 31.2 Å². The van der Waals surface area contributed by atoms with Crippen LogP contribution >= 0.6 is 11.6 Å². The number of hydrogen-bond donors (Lipinski definition) is 2. The Morgan fingerprint density at radius 3 is 2.41 bits per heavy atom. The quantitative estimate of drug-likeness (QED) is 0.610. The number of ether oxygens (including phenoxy) is 1. The topological polar surface area (TPSA) is 167 Å². The Balaban J connectivity index is 2.36. The second kappa shape index (κ2) is 8.22. The second-order valence-electron chi connectivity index (χ2n) is 5.42. The molecule has 0 saturated heterocycles. The summed E-state index contributed by atoms with van der Waals surface area (Å²) >= 11 is 5.81. The van der Waals surface area contributed by atoms with E-state index in [4.69, 9.17) is 11.6 Å². The monoisotopic (exact) mass is 466 g/mol. The highest BCUT2D eigenvalue weighted by Gasteiger charge is 2.39. The number of urea groups is 1. The van der Waals surface area contributed by atoms with Crippen molar-refractivity contribution in [3.05, 3.63) is 29.3 Å². The predicted molar refractivity (Wildman–Crippen MR) is 102 cm³/mol. The molecule has 158 valence electrons. The summed E-state index contributed by atoms with van der Waals surface area (Å²) in [5.41, 5.74) is 0. The van der Waals surface area contributed by atoms with E-state index < -0.39 is 43.2 Å². The third-order valence-corrected chi connectivity index (χ3v) is 6.15. The summed E-state index contributed by atoms with van der Waals surface area (Å²) in [5.74, 6) is -1.23. The molecule has 0 unspecified atom stereocenters. The summed E-state index contributed by atoms with van der Waals surface area (Å²) in [6.07, 6.45) is -1.43. The van der Waals surface area contributed by atoms with E-state index in [9.17, 15) is 26.4 Å². The number of halogens is 1. The van der Waals surface area contributed by atoms with Crippen LogP contribution in [0.3, 0.4) is 0 Å². The van der Waals surface area contributed by atoms with E-state index in [0.717, 1.165) is 13.2 Å². The Morgan fingerprint density at radius 1 is 1.24 bits per heavy atom. The van der Waals surface area contributed by atoms with Gasteiger partial charge < -0.3 is 9.64 Å². The Bertz CT molecular complexity index is 1110. The largest absolute Gasteiger partial charge is 0.452 e. The van der Waals surface area contributed by atoms with Crippen molar-refractivity contribution in [2.24, 2.45) is 9.39 Å². The van der Waals surface area contributed by atoms with Crippen LogP contribution in [-0.2, 0) is 25.0 Å². The Morgan fingerprint density at radius 2 is 1.86 bits per heavy atom. The van der Waals surface area contributed by atoms with E-state index in [1.165, 1.54) is 37.2 Å².